The largest absolute Gasteiger partial charge is 0.433 e. The van der Waals surface area contributed by atoms with Gasteiger partial charge in [-0.25, -0.2) is 9.97 Å². The summed E-state index contributed by atoms with van der Waals surface area (Å²) in [6, 6.07) is 0.771. The molecule has 16 heavy (non-hydrogen) atoms. The lowest BCUT2D eigenvalue weighted by Gasteiger charge is -2.13. The van der Waals surface area contributed by atoms with Crippen molar-refractivity contribution in [3.8, 4) is 0 Å². The Morgan fingerprint density at radius 2 is 2.19 bits per heavy atom. The third-order valence-electron chi connectivity index (χ3n) is 1.92. The minimum absolute atomic E-state index is 0.0317. The highest BCUT2D eigenvalue weighted by molar-refractivity contribution is 5.27. The first-order chi connectivity index (χ1) is 7.43. The van der Waals surface area contributed by atoms with Gasteiger partial charge in [0.1, 0.15) is 5.69 Å². The number of alkyl halides is 3. The molecule has 1 aromatic heterocycles. The molecule has 0 aliphatic heterocycles. The lowest BCUT2D eigenvalue weighted by molar-refractivity contribution is -0.141. The first-order valence-corrected chi connectivity index (χ1v) is 4.80. The van der Waals surface area contributed by atoms with Crippen molar-refractivity contribution in [2.45, 2.75) is 25.6 Å². The van der Waals surface area contributed by atoms with E-state index in [1.807, 2.05) is 0 Å². The van der Waals surface area contributed by atoms with Crippen molar-refractivity contribution in [1.82, 2.24) is 9.97 Å². The highest BCUT2D eigenvalue weighted by atomic mass is 19.4. The second-order valence-corrected chi connectivity index (χ2v) is 3.39. The molecule has 0 radical (unpaired) electrons. The topological polar surface area (TPSA) is 63.8 Å². The molecule has 3 N–H and O–H groups in total. The zero-order chi connectivity index (χ0) is 12.2. The Kier molecular flexibility index (Phi) is 4.05. The summed E-state index contributed by atoms with van der Waals surface area (Å²) in [4.78, 5) is 7.09. The molecule has 0 saturated heterocycles. The number of hydrogen-bond donors (Lipinski definition) is 2. The Morgan fingerprint density at radius 1 is 1.50 bits per heavy atom. The number of hydrogen-bond acceptors (Lipinski definition) is 4. The van der Waals surface area contributed by atoms with Gasteiger partial charge in [-0.2, -0.15) is 13.2 Å². The quantitative estimate of drug-likeness (QED) is 0.831. The lowest BCUT2D eigenvalue weighted by atomic mass is 10.2. The second kappa shape index (κ2) is 5.11. The maximum absolute atomic E-state index is 12.3. The molecule has 4 nitrogen and oxygen atoms in total. The molecule has 0 saturated carbocycles. The summed E-state index contributed by atoms with van der Waals surface area (Å²) < 4.78 is 36.9. The Morgan fingerprint density at radius 3 is 2.75 bits per heavy atom. The van der Waals surface area contributed by atoms with E-state index in [0.29, 0.717) is 13.0 Å². The maximum atomic E-state index is 12.3. The number of anilines is 1. The van der Waals surface area contributed by atoms with Gasteiger partial charge < -0.3 is 11.1 Å². The van der Waals surface area contributed by atoms with Crippen LogP contribution in [0.1, 0.15) is 19.0 Å². The van der Waals surface area contributed by atoms with Crippen LogP contribution in [-0.2, 0) is 6.18 Å². The van der Waals surface area contributed by atoms with Crippen molar-refractivity contribution < 1.29 is 13.2 Å². The number of nitrogens with zero attached hydrogens (tertiary/aromatic N) is 2. The minimum Gasteiger partial charge on any atom is -0.352 e. The van der Waals surface area contributed by atoms with Crippen LogP contribution in [0.4, 0.5) is 19.1 Å². The van der Waals surface area contributed by atoms with Gasteiger partial charge >= 0.3 is 6.18 Å². The molecule has 0 amide bonds. The number of aromatic nitrogens is 2. The van der Waals surface area contributed by atoms with Gasteiger partial charge in [0, 0.05) is 12.2 Å². The fourth-order valence-electron chi connectivity index (χ4n) is 1.13. The van der Waals surface area contributed by atoms with Crippen molar-refractivity contribution >= 4 is 5.95 Å². The third-order valence-corrected chi connectivity index (χ3v) is 1.92. The average molecular weight is 234 g/mol. The fraction of sp³-hybridized carbons (Fsp3) is 0.556. The molecule has 7 heteroatoms. The summed E-state index contributed by atoms with van der Waals surface area (Å²) in [6.07, 6.45) is -2.73. The van der Waals surface area contributed by atoms with Gasteiger partial charge in [-0.1, -0.05) is 0 Å². The van der Waals surface area contributed by atoms with Gasteiger partial charge in [0.2, 0.25) is 5.95 Å². The molecule has 1 heterocycles. The fourth-order valence-corrected chi connectivity index (χ4v) is 1.13. The SMILES string of the molecule is CC(CCN)Nc1nccc(C(F)(F)F)n1. The van der Waals surface area contributed by atoms with E-state index in [4.69, 9.17) is 5.73 Å². The molecule has 0 aromatic carbocycles. The number of nitrogens with two attached hydrogens (primary N) is 1. The average Bonchev–Trinajstić information content (AvgIpc) is 2.17. The van der Waals surface area contributed by atoms with Gasteiger partial charge in [0.25, 0.3) is 0 Å². The van der Waals surface area contributed by atoms with Crippen molar-refractivity contribution in [2.24, 2.45) is 5.73 Å². The summed E-state index contributed by atoms with van der Waals surface area (Å²) in [5, 5.41) is 2.75. The zero-order valence-electron chi connectivity index (χ0n) is 8.75. The Hall–Kier alpha value is -1.37. The summed E-state index contributed by atoms with van der Waals surface area (Å²) in [7, 11) is 0. The van der Waals surface area contributed by atoms with Crippen LogP contribution in [0, 0.1) is 0 Å². The van der Waals surface area contributed by atoms with Crippen LogP contribution in [0.15, 0.2) is 12.3 Å². The number of nitrogens with one attached hydrogen (secondary N) is 1. The molecule has 90 valence electrons. The Bertz CT molecular complexity index is 340. The molecule has 0 fully saturated rings. The Balaban J connectivity index is 2.75. The van der Waals surface area contributed by atoms with Crippen LogP contribution in [-0.4, -0.2) is 22.6 Å². The minimum atomic E-state index is -4.45. The van der Waals surface area contributed by atoms with Crippen LogP contribution in [0.3, 0.4) is 0 Å². The van der Waals surface area contributed by atoms with E-state index >= 15 is 0 Å². The van der Waals surface area contributed by atoms with E-state index in [-0.39, 0.29) is 12.0 Å². The molecular formula is C9H13F3N4. The third kappa shape index (κ3) is 3.65. The van der Waals surface area contributed by atoms with Crippen molar-refractivity contribution in [2.75, 3.05) is 11.9 Å². The van der Waals surface area contributed by atoms with E-state index < -0.39 is 11.9 Å². The normalized spacial score (nSPS) is 13.6. The van der Waals surface area contributed by atoms with Gasteiger partial charge in [-0.15, -0.1) is 0 Å². The highest BCUT2D eigenvalue weighted by Crippen LogP contribution is 2.27. The van der Waals surface area contributed by atoms with Crippen molar-refractivity contribution in [3.63, 3.8) is 0 Å². The summed E-state index contributed by atoms with van der Waals surface area (Å²) in [5.74, 6) is -0.0317. The smallest absolute Gasteiger partial charge is 0.352 e. The van der Waals surface area contributed by atoms with Gasteiger partial charge in [0.05, 0.1) is 0 Å². The standard InChI is InChI=1S/C9H13F3N4/c1-6(2-4-13)15-8-14-5-3-7(16-8)9(10,11)12/h3,5-6H,2,4,13H2,1H3,(H,14,15,16). The van der Waals surface area contributed by atoms with Crippen molar-refractivity contribution in [3.05, 3.63) is 18.0 Å². The van der Waals surface area contributed by atoms with E-state index in [1.54, 1.807) is 6.92 Å². The first kappa shape index (κ1) is 12.7. The van der Waals surface area contributed by atoms with Crippen LogP contribution in [0.25, 0.3) is 0 Å². The van der Waals surface area contributed by atoms with Gasteiger partial charge in [0.15, 0.2) is 0 Å². The number of halogens is 3. The van der Waals surface area contributed by atoms with Crippen LogP contribution in [0.5, 0.6) is 0 Å². The van der Waals surface area contributed by atoms with Crippen LogP contribution in [0.2, 0.25) is 0 Å². The Labute approximate surface area is 91.1 Å². The first-order valence-electron chi connectivity index (χ1n) is 4.80. The van der Waals surface area contributed by atoms with Crippen LogP contribution >= 0.6 is 0 Å². The summed E-state index contributed by atoms with van der Waals surface area (Å²) >= 11 is 0. The molecular weight excluding hydrogens is 221 g/mol. The highest BCUT2D eigenvalue weighted by Gasteiger charge is 2.32. The maximum Gasteiger partial charge on any atom is 0.433 e. The molecule has 1 atom stereocenters. The second-order valence-electron chi connectivity index (χ2n) is 3.39. The lowest BCUT2D eigenvalue weighted by Crippen LogP contribution is -2.21. The molecule has 1 rings (SSSR count). The molecule has 1 unspecified atom stereocenters. The molecule has 0 aliphatic carbocycles. The monoisotopic (exact) mass is 234 g/mol. The predicted molar refractivity (Wildman–Crippen MR) is 53.8 cm³/mol. The molecule has 0 aliphatic rings. The van der Waals surface area contributed by atoms with E-state index in [1.165, 1.54) is 0 Å². The van der Waals surface area contributed by atoms with E-state index in [2.05, 4.69) is 15.3 Å². The van der Waals surface area contributed by atoms with E-state index in [0.717, 1.165) is 12.3 Å². The van der Waals surface area contributed by atoms with Crippen LogP contribution < -0.4 is 11.1 Å². The van der Waals surface area contributed by atoms with Gasteiger partial charge in [-0.3, -0.25) is 0 Å². The van der Waals surface area contributed by atoms with Crippen molar-refractivity contribution in [1.29, 1.82) is 0 Å². The van der Waals surface area contributed by atoms with Gasteiger partial charge in [-0.05, 0) is 26.0 Å². The predicted octanol–water partition coefficient (Wildman–Crippen LogP) is 1.64. The number of rotatable bonds is 4. The summed E-state index contributed by atoms with van der Waals surface area (Å²) in [6.45, 7) is 2.25. The molecule has 0 spiro atoms. The molecule has 0 bridgehead atoms. The zero-order valence-corrected chi connectivity index (χ0v) is 8.75. The van der Waals surface area contributed by atoms with E-state index in [9.17, 15) is 13.2 Å². The molecule has 1 aromatic rings. The summed E-state index contributed by atoms with van der Waals surface area (Å²) in [5.41, 5.74) is 4.37.